The molecule has 0 radical (unpaired) electrons. The molecule has 1 heteroatoms. The quantitative estimate of drug-likeness (QED) is 0.795. The zero-order valence-corrected chi connectivity index (χ0v) is 10.4. The molecule has 0 heterocycles. The second-order valence-electron chi connectivity index (χ2n) is 4.86. The SMILES string of the molecule is O=C1CCc2cccc(CCc3ccccc3)c21. The zero-order chi connectivity index (χ0) is 12.4. The molecule has 90 valence electrons. The summed E-state index contributed by atoms with van der Waals surface area (Å²) in [6, 6.07) is 16.7. The van der Waals surface area contributed by atoms with Crippen LogP contribution in [0, 0.1) is 0 Å². The Balaban J connectivity index is 1.82. The summed E-state index contributed by atoms with van der Waals surface area (Å²) in [5.74, 6) is 0.327. The number of rotatable bonds is 3. The Morgan fingerprint density at radius 1 is 0.833 bits per heavy atom. The number of fused-ring (bicyclic) bond motifs is 1. The Hall–Kier alpha value is -1.89. The largest absolute Gasteiger partial charge is 0.294 e. The number of benzene rings is 2. The Bertz CT molecular complexity index is 569. The molecule has 0 saturated heterocycles. The molecule has 0 spiro atoms. The van der Waals surface area contributed by atoms with E-state index < -0.39 is 0 Å². The number of Topliss-reactive ketones (excluding diaryl/α,β-unsaturated/α-hetero) is 1. The standard InChI is InChI=1S/C17H16O/c18-16-12-11-15-8-4-7-14(17(15)16)10-9-13-5-2-1-3-6-13/h1-8H,9-12H2. The highest BCUT2D eigenvalue weighted by Crippen LogP contribution is 2.26. The molecular weight excluding hydrogens is 220 g/mol. The van der Waals surface area contributed by atoms with Crippen molar-refractivity contribution in [3.63, 3.8) is 0 Å². The normalized spacial score (nSPS) is 13.7. The van der Waals surface area contributed by atoms with Crippen LogP contribution < -0.4 is 0 Å². The predicted octanol–water partition coefficient (Wildman–Crippen LogP) is 3.60. The van der Waals surface area contributed by atoms with Crippen molar-refractivity contribution in [1.82, 2.24) is 0 Å². The van der Waals surface area contributed by atoms with Crippen LogP contribution in [0.15, 0.2) is 48.5 Å². The number of hydrogen-bond donors (Lipinski definition) is 0. The van der Waals surface area contributed by atoms with Crippen LogP contribution in [-0.4, -0.2) is 5.78 Å². The van der Waals surface area contributed by atoms with E-state index in [2.05, 4.69) is 42.5 Å². The van der Waals surface area contributed by atoms with Crippen LogP contribution in [0.25, 0.3) is 0 Å². The minimum absolute atomic E-state index is 0.327. The van der Waals surface area contributed by atoms with E-state index in [-0.39, 0.29) is 0 Å². The van der Waals surface area contributed by atoms with Gasteiger partial charge < -0.3 is 0 Å². The van der Waals surface area contributed by atoms with Crippen LogP contribution in [0.1, 0.15) is 33.5 Å². The van der Waals surface area contributed by atoms with Gasteiger partial charge in [-0.2, -0.15) is 0 Å². The van der Waals surface area contributed by atoms with Crippen LogP contribution in [0.4, 0.5) is 0 Å². The van der Waals surface area contributed by atoms with Crippen LogP contribution in [-0.2, 0) is 19.3 Å². The molecule has 2 aromatic rings. The average molecular weight is 236 g/mol. The lowest BCUT2D eigenvalue weighted by atomic mass is 9.97. The first-order chi connectivity index (χ1) is 8.84. The van der Waals surface area contributed by atoms with Gasteiger partial charge in [0.25, 0.3) is 0 Å². The van der Waals surface area contributed by atoms with Gasteiger partial charge in [0.15, 0.2) is 5.78 Å². The van der Waals surface area contributed by atoms with Crippen molar-refractivity contribution < 1.29 is 4.79 Å². The maximum Gasteiger partial charge on any atom is 0.163 e. The van der Waals surface area contributed by atoms with Crippen molar-refractivity contribution >= 4 is 5.78 Å². The Labute approximate surface area is 107 Å². The number of hydrogen-bond acceptors (Lipinski definition) is 1. The first-order valence-corrected chi connectivity index (χ1v) is 6.52. The summed E-state index contributed by atoms with van der Waals surface area (Å²) < 4.78 is 0. The lowest BCUT2D eigenvalue weighted by Gasteiger charge is -2.07. The number of carbonyl (C=O) groups excluding carboxylic acids is 1. The molecule has 0 fully saturated rings. The van der Waals surface area contributed by atoms with E-state index in [1.54, 1.807) is 0 Å². The van der Waals surface area contributed by atoms with Gasteiger partial charge in [-0.05, 0) is 36.0 Å². The monoisotopic (exact) mass is 236 g/mol. The number of aryl methyl sites for hydroxylation is 3. The molecule has 1 aliphatic rings. The van der Waals surface area contributed by atoms with Crippen LogP contribution in [0.3, 0.4) is 0 Å². The summed E-state index contributed by atoms with van der Waals surface area (Å²) in [6.07, 6.45) is 3.58. The third-order valence-electron chi connectivity index (χ3n) is 3.66. The van der Waals surface area contributed by atoms with Crippen molar-refractivity contribution in [3.8, 4) is 0 Å². The lowest BCUT2D eigenvalue weighted by molar-refractivity contribution is 0.0994. The van der Waals surface area contributed by atoms with Gasteiger partial charge in [-0.15, -0.1) is 0 Å². The Morgan fingerprint density at radius 3 is 2.50 bits per heavy atom. The van der Waals surface area contributed by atoms with Gasteiger partial charge in [0, 0.05) is 12.0 Å². The predicted molar refractivity (Wildman–Crippen MR) is 72.9 cm³/mol. The van der Waals surface area contributed by atoms with E-state index in [9.17, 15) is 4.79 Å². The topological polar surface area (TPSA) is 17.1 Å². The molecule has 1 aliphatic carbocycles. The maximum atomic E-state index is 11.9. The molecule has 3 rings (SSSR count). The first-order valence-electron chi connectivity index (χ1n) is 6.52. The molecule has 0 aliphatic heterocycles. The molecule has 0 saturated carbocycles. The molecule has 0 aromatic heterocycles. The molecule has 0 unspecified atom stereocenters. The third kappa shape index (κ3) is 2.08. The van der Waals surface area contributed by atoms with E-state index >= 15 is 0 Å². The van der Waals surface area contributed by atoms with Crippen molar-refractivity contribution in [2.75, 3.05) is 0 Å². The summed E-state index contributed by atoms with van der Waals surface area (Å²) in [6.45, 7) is 0. The third-order valence-corrected chi connectivity index (χ3v) is 3.66. The Morgan fingerprint density at radius 2 is 1.67 bits per heavy atom. The second-order valence-corrected chi connectivity index (χ2v) is 4.86. The summed E-state index contributed by atoms with van der Waals surface area (Å²) >= 11 is 0. The molecule has 0 atom stereocenters. The molecule has 0 N–H and O–H groups in total. The van der Waals surface area contributed by atoms with Gasteiger partial charge in [0.05, 0.1) is 0 Å². The van der Waals surface area contributed by atoms with Crippen LogP contribution in [0.2, 0.25) is 0 Å². The summed E-state index contributed by atoms with van der Waals surface area (Å²) in [5, 5.41) is 0. The van der Waals surface area contributed by atoms with E-state index in [4.69, 9.17) is 0 Å². The van der Waals surface area contributed by atoms with Gasteiger partial charge in [-0.3, -0.25) is 4.79 Å². The molecule has 0 bridgehead atoms. The van der Waals surface area contributed by atoms with Crippen LogP contribution >= 0.6 is 0 Å². The summed E-state index contributed by atoms with van der Waals surface area (Å²) in [7, 11) is 0. The average Bonchev–Trinajstić information content (AvgIpc) is 2.80. The molecule has 2 aromatic carbocycles. The van der Waals surface area contributed by atoms with Gasteiger partial charge in [-0.25, -0.2) is 0 Å². The highest BCUT2D eigenvalue weighted by atomic mass is 16.1. The minimum Gasteiger partial charge on any atom is -0.294 e. The minimum atomic E-state index is 0.327. The highest BCUT2D eigenvalue weighted by molar-refractivity contribution is 6.01. The van der Waals surface area contributed by atoms with E-state index in [1.807, 2.05) is 6.07 Å². The van der Waals surface area contributed by atoms with Crippen LogP contribution in [0.5, 0.6) is 0 Å². The highest BCUT2D eigenvalue weighted by Gasteiger charge is 2.21. The fourth-order valence-corrected chi connectivity index (χ4v) is 2.73. The van der Waals surface area contributed by atoms with Crippen molar-refractivity contribution in [3.05, 3.63) is 70.8 Å². The fraction of sp³-hybridized carbons (Fsp3) is 0.235. The molecular formula is C17H16O. The van der Waals surface area contributed by atoms with E-state index in [1.165, 1.54) is 16.7 Å². The first kappa shape index (κ1) is 11.2. The summed E-state index contributed by atoms with van der Waals surface area (Å²) in [4.78, 5) is 11.9. The lowest BCUT2D eigenvalue weighted by Crippen LogP contribution is -2.01. The fourth-order valence-electron chi connectivity index (χ4n) is 2.73. The van der Waals surface area contributed by atoms with Gasteiger partial charge in [0.1, 0.15) is 0 Å². The van der Waals surface area contributed by atoms with E-state index in [0.29, 0.717) is 12.2 Å². The number of ketones is 1. The van der Waals surface area contributed by atoms with Gasteiger partial charge in [-0.1, -0.05) is 48.5 Å². The van der Waals surface area contributed by atoms with Crippen molar-refractivity contribution in [2.45, 2.75) is 25.7 Å². The molecule has 0 amide bonds. The zero-order valence-electron chi connectivity index (χ0n) is 10.4. The Kier molecular flexibility index (Phi) is 2.97. The maximum absolute atomic E-state index is 11.9. The number of carbonyl (C=O) groups is 1. The molecule has 1 nitrogen and oxygen atoms in total. The smallest absolute Gasteiger partial charge is 0.163 e. The van der Waals surface area contributed by atoms with Crippen molar-refractivity contribution in [2.24, 2.45) is 0 Å². The van der Waals surface area contributed by atoms with E-state index in [0.717, 1.165) is 24.8 Å². The molecule has 18 heavy (non-hydrogen) atoms. The van der Waals surface area contributed by atoms with Crippen molar-refractivity contribution in [1.29, 1.82) is 0 Å². The summed E-state index contributed by atoms with van der Waals surface area (Å²) in [5.41, 5.74) is 4.80. The van der Waals surface area contributed by atoms with Gasteiger partial charge in [0.2, 0.25) is 0 Å². The second kappa shape index (κ2) is 4.77. The van der Waals surface area contributed by atoms with Gasteiger partial charge >= 0.3 is 0 Å².